The van der Waals surface area contributed by atoms with E-state index in [1.807, 2.05) is 62.4 Å². The highest BCUT2D eigenvalue weighted by molar-refractivity contribution is 5.49. The van der Waals surface area contributed by atoms with E-state index in [1.165, 1.54) is 0 Å². The van der Waals surface area contributed by atoms with Crippen molar-refractivity contribution in [2.45, 2.75) is 13.8 Å². The van der Waals surface area contributed by atoms with E-state index < -0.39 is 0 Å². The van der Waals surface area contributed by atoms with Gasteiger partial charge in [0.15, 0.2) is 0 Å². The van der Waals surface area contributed by atoms with Gasteiger partial charge in [-0.15, -0.1) is 11.8 Å². The van der Waals surface area contributed by atoms with Gasteiger partial charge in [-0.05, 0) is 50.2 Å². The van der Waals surface area contributed by atoms with Crippen LogP contribution >= 0.6 is 0 Å². The van der Waals surface area contributed by atoms with Crippen molar-refractivity contribution >= 4 is 11.4 Å². The first-order chi connectivity index (χ1) is 9.81. The van der Waals surface area contributed by atoms with E-state index in [4.69, 9.17) is 0 Å². The molecule has 0 bridgehead atoms. The molecule has 0 amide bonds. The van der Waals surface area contributed by atoms with Gasteiger partial charge in [-0.25, -0.2) is 0 Å². The zero-order valence-corrected chi connectivity index (χ0v) is 11.5. The molecule has 2 aromatic carbocycles. The second-order valence-electron chi connectivity index (χ2n) is 4.05. The summed E-state index contributed by atoms with van der Waals surface area (Å²) in [6.07, 6.45) is 0. The first-order valence-electron chi connectivity index (χ1n) is 6.29. The van der Waals surface area contributed by atoms with E-state index in [2.05, 4.69) is 33.9 Å². The molecular formula is C18H14N2. The van der Waals surface area contributed by atoms with Crippen LogP contribution in [0.2, 0.25) is 0 Å². The molecule has 2 nitrogen and oxygen atoms in total. The van der Waals surface area contributed by atoms with Crippen molar-refractivity contribution in [2.75, 3.05) is 0 Å². The Hall–Kier alpha value is -2.84. The Kier molecular flexibility index (Phi) is 4.70. The van der Waals surface area contributed by atoms with Crippen LogP contribution in [0, 0.1) is 23.7 Å². The summed E-state index contributed by atoms with van der Waals surface area (Å²) in [5.74, 6) is 11.7. The highest BCUT2D eigenvalue weighted by Crippen LogP contribution is 2.19. The molecule has 0 atom stereocenters. The zero-order valence-electron chi connectivity index (χ0n) is 11.5. The molecule has 0 aromatic heterocycles. The number of nitrogens with zero attached hydrogens (tertiary/aromatic N) is 2. The van der Waals surface area contributed by atoms with Crippen LogP contribution in [0.5, 0.6) is 0 Å². The van der Waals surface area contributed by atoms with Crippen molar-refractivity contribution in [3.05, 3.63) is 59.7 Å². The summed E-state index contributed by atoms with van der Waals surface area (Å²) >= 11 is 0. The second kappa shape index (κ2) is 6.92. The minimum Gasteiger partial charge on any atom is -0.151 e. The molecule has 0 saturated heterocycles. The quantitative estimate of drug-likeness (QED) is 0.543. The number of benzene rings is 2. The summed E-state index contributed by atoms with van der Waals surface area (Å²) in [4.78, 5) is 0. The van der Waals surface area contributed by atoms with E-state index in [0.29, 0.717) is 0 Å². The maximum atomic E-state index is 4.23. The molecule has 0 spiro atoms. The maximum Gasteiger partial charge on any atom is 0.0869 e. The Bertz CT molecular complexity index is 684. The van der Waals surface area contributed by atoms with Gasteiger partial charge in [0.25, 0.3) is 0 Å². The molecule has 0 aliphatic rings. The fourth-order valence-electron chi connectivity index (χ4n) is 1.70. The van der Waals surface area contributed by atoms with Crippen molar-refractivity contribution in [2.24, 2.45) is 10.2 Å². The minimum absolute atomic E-state index is 0.789. The molecule has 0 aliphatic heterocycles. The van der Waals surface area contributed by atoms with Crippen molar-refractivity contribution in [3.63, 3.8) is 0 Å². The van der Waals surface area contributed by atoms with Crippen molar-refractivity contribution in [1.29, 1.82) is 0 Å². The van der Waals surface area contributed by atoms with Crippen LogP contribution in [0.25, 0.3) is 0 Å². The van der Waals surface area contributed by atoms with Gasteiger partial charge in [-0.3, -0.25) is 0 Å². The molecule has 0 N–H and O–H groups in total. The van der Waals surface area contributed by atoms with Crippen LogP contribution in [0.4, 0.5) is 11.4 Å². The average Bonchev–Trinajstić information content (AvgIpc) is 2.47. The number of rotatable bonds is 2. The van der Waals surface area contributed by atoms with Crippen molar-refractivity contribution < 1.29 is 0 Å². The summed E-state index contributed by atoms with van der Waals surface area (Å²) in [6, 6.07) is 15.4. The number of hydrogen-bond acceptors (Lipinski definition) is 2. The van der Waals surface area contributed by atoms with E-state index >= 15 is 0 Å². The fourth-order valence-corrected chi connectivity index (χ4v) is 1.70. The third-order valence-corrected chi connectivity index (χ3v) is 2.51. The molecule has 0 unspecified atom stereocenters. The number of azo groups is 1. The van der Waals surface area contributed by atoms with Gasteiger partial charge in [0.1, 0.15) is 0 Å². The van der Waals surface area contributed by atoms with Crippen LogP contribution in [0.3, 0.4) is 0 Å². The molecule has 96 valence electrons. The summed E-state index contributed by atoms with van der Waals surface area (Å²) in [5.41, 5.74) is 3.46. The molecule has 2 rings (SSSR count). The highest BCUT2D eigenvalue weighted by atomic mass is 15.1. The molecule has 2 aromatic rings. The van der Waals surface area contributed by atoms with Gasteiger partial charge in [0.05, 0.1) is 11.4 Å². The molecule has 0 saturated carbocycles. The second-order valence-corrected chi connectivity index (χ2v) is 4.05. The van der Waals surface area contributed by atoms with Crippen LogP contribution in [-0.2, 0) is 0 Å². The van der Waals surface area contributed by atoms with Crippen molar-refractivity contribution in [3.8, 4) is 23.7 Å². The van der Waals surface area contributed by atoms with Gasteiger partial charge >= 0.3 is 0 Å². The van der Waals surface area contributed by atoms with Crippen molar-refractivity contribution in [1.82, 2.24) is 0 Å². The average molecular weight is 258 g/mol. The molecule has 20 heavy (non-hydrogen) atoms. The lowest BCUT2D eigenvalue weighted by Gasteiger charge is -1.96. The molecular weight excluding hydrogens is 244 g/mol. The molecule has 0 radical (unpaired) electrons. The third kappa shape index (κ3) is 3.83. The third-order valence-electron chi connectivity index (χ3n) is 2.51. The summed E-state index contributed by atoms with van der Waals surface area (Å²) in [5, 5.41) is 8.46. The van der Waals surface area contributed by atoms with E-state index in [-0.39, 0.29) is 0 Å². The Morgan fingerprint density at radius 3 is 1.55 bits per heavy atom. The monoisotopic (exact) mass is 258 g/mol. The largest absolute Gasteiger partial charge is 0.151 e. The SMILES string of the molecule is CC#Cc1cccc(/N=N/c2cccc(C#CC)c2)c1. The Balaban J connectivity index is 2.23. The standard InChI is InChI=1S/C18H14N2/c1-3-7-15-9-5-11-17(13-15)19-20-18-12-6-10-16(14-18)8-4-2/h5-6,9-14H,1-2H3/b20-19+. The van der Waals surface area contributed by atoms with Crippen LogP contribution in [0.1, 0.15) is 25.0 Å². The smallest absolute Gasteiger partial charge is 0.0869 e. The predicted octanol–water partition coefficient (Wildman–Crippen LogP) is 4.84. The molecule has 0 aliphatic carbocycles. The molecule has 0 heterocycles. The topological polar surface area (TPSA) is 24.7 Å². The van der Waals surface area contributed by atoms with Crippen LogP contribution in [-0.4, -0.2) is 0 Å². The number of hydrogen-bond donors (Lipinski definition) is 0. The van der Waals surface area contributed by atoms with Crippen LogP contribution < -0.4 is 0 Å². The normalized spacial score (nSPS) is 9.50. The lowest BCUT2D eigenvalue weighted by atomic mass is 10.2. The Labute approximate surface area is 119 Å². The first kappa shape index (κ1) is 13.6. The molecule has 2 heteroatoms. The molecule has 0 fully saturated rings. The van der Waals surface area contributed by atoms with E-state index in [9.17, 15) is 0 Å². The highest BCUT2D eigenvalue weighted by Gasteiger charge is 1.94. The lowest BCUT2D eigenvalue weighted by molar-refractivity contribution is 1.23. The lowest BCUT2D eigenvalue weighted by Crippen LogP contribution is -1.73. The fraction of sp³-hybridized carbons (Fsp3) is 0.111. The first-order valence-corrected chi connectivity index (χ1v) is 6.29. The minimum atomic E-state index is 0.789. The maximum absolute atomic E-state index is 4.23. The summed E-state index contributed by atoms with van der Waals surface area (Å²) in [7, 11) is 0. The van der Waals surface area contributed by atoms with E-state index in [1.54, 1.807) is 0 Å². The van der Waals surface area contributed by atoms with Gasteiger partial charge in [-0.1, -0.05) is 24.0 Å². The predicted molar refractivity (Wildman–Crippen MR) is 82.2 cm³/mol. The van der Waals surface area contributed by atoms with Gasteiger partial charge in [-0.2, -0.15) is 10.2 Å². The Morgan fingerprint density at radius 1 is 0.700 bits per heavy atom. The summed E-state index contributed by atoms with van der Waals surface area (Å²) < 4.78 is 0. The zero-order chi connectivity index (χ0) is 14.2. The van der Waals surface area contributed by atoms with Gasteiger partial charge in [0, 0.05) is 11.1 Å². The Morgan fingerprint density at radius 2 is 1.15 bits per heavy atom. The van der Waals surface area contributed by atoms with E-state index in [0.717, 1.165) is 22.5 Å². The summed E-state index contributed by atoms with van der Waals surface area (Å²) in [6.45, 7) is 3.63. The van der Waals surface area contributed by atoms with Gasteiger partial charge < -0.3 is 0 Å². The van der Waals surface area contributed by atoms with Crippen LogP contribution in [0.15, 0.2) is 58.8 Å². The van der Waals surface area contributed by atoms with Gasteiger partial charge in [0.2, 0.25) is 0 Å².